The molecule has 0 unspecified atom stereocenters. The van der Waals surface area contributed by atoms with Crippen molar-refractivity contribution in [2.45, 2.75) is 74.2 Å². The molecular weight excluding hydrogens is 753 g/mol. The monoisotopic (exact) mass is 796 g/mol. The van der Waals surface area contributed by atoms with E-state index in [1.165, 1.54) is 32.9 Å². The number of hydrogen-bond acceptors (Lipinski definition) is 8. The third kappa shape index (κ3) is 7.34. The molecule has 4 aromatic rings. The normalized spacial score (nSPS) is 18.6. The van der Waals surface area contributed by atoms with Crippen molar-refractivity contribution in [1.82, 2.24) is 18.4 Å². The standard InChI is InChI=1S/C42H44N4O8S2/c1-29-17-21-31(22-18-29)55(51,52)45(27-9-25-43-39(47)33-11-3-4-12-34(33)40(43)48)37-15-7-8-16-38(37)46(56(53,54)32-23-19-30(2)20-24-32)28-10-26-44-41(49)35-13-5-6-14-36(35)42(44)50/h3-6,11-14,17-24,37-38H,7-10,15-16,25-28H2,1-2H3/t37-,38-/m1/s1. The predicted molar refractivity (Wildman–Crippen MR) is 209 cm³/mol. The van der Waals surface area contributed by atoms with Gasteiger partial charge in [-0.1, -0.05) is 72.5 Å². The second kappa shape index (κ2) is 15.8. The van der Waals surface area contributed by atoms with Crippen LogP contribution in [0.4, 0.5) is 0 Å². The molecule has 12 nitrogen and oxygen atoms in total. The van der Waals surface area contributed by atoms with Gasteiger partial charge < -0.3 is 0 Å². The molecular formula is C42H44N4O8S2. The first-order valence-corrected chi connectivity index (χ1v) is 21.8. The van der Waals surface area contributed by atoms with Gasteiger partial charge in [0.15, 0.2) is 0 Å². The van der Waals surface area contributed by atoms with Gasteiger partial charge in [0.2, 0.25) is 20.0 Å². The minimum Gasteiger partial charge on any atom is -0.274 e. The zero-order valence-corrected chi connectivity index (χ0v) is 33.0. The van der Waals surface area contributed by atoms with Gasteiger partial charge in [0.1, 0.15) is 0 Å². The summed E-state index contributed by atoms with van der Waals surface area (Å²) in [6.07, 6.45) is 2.25. The maximum Gasteiger partial charge on any atom is 0.261 e. The van der Waals surface area contributed by atoms with Crippen LogP contribution in [-0.4, -0.2) is 97.1 Å². The second-order valence-electron chi connectivity index (χ2n) is 14.6. The highest BCUT2D eigenvalue weighted by Gasteiger charge is 2.45. The Balaban J connectivity index is 1.21. The molecule has 14 heteroatoms. The number of carbonyl (C=O) groups excluding carboxylic acids is 4. The zero-order chi connectivity index (χ0) is 39.8. The summed E-state index contributed by atoms with van der Waals surface area (Å²) in [5, 5.41) is 0. The molecule has 4 amide bonds. The minimum absolute atomic E-state index is 0.0324. The van der Waals surface area contributed by atoms with Crippen molar-refractivity contribution in [3.05, 3.63) is 130 Å². The lowest BCUT2D eigenvalue weighted by atomic mass is 9.90. The van der Waals surface area contributed by atoms with Crippen molar-refractivity contribution in [3.8, 4) is 0 Å². The molecule has 0 saturated heterocycles. The van der Waals surface area contributed by atoms with E-state index >= 15 is 0 Å². The average Bonchev–Trinajstić information content (AvgIpc) is 3.58. The van der Waals surface area contributed by atoms with Gasteiger partial charge in [0.25, 0.3) is 23.6 Å². The Morgan fingerprint density at radius 1 is 0.500 bits per heavy atom. The minimum atomic E-state index is -4.23. The second-order valence-corrected chi connectivity index (χ2v) is 18.4. The van der Waals surface area contributed by atoms with Gasteiger partial charge in [-0.3, -0.25) is 29.0 Å². The summed E-state index contributed by atoms with van der Waals surface area (Å²) in [6, 6.07) is 24.4. The number of fused-ring (bicyclic) bond motifs is 2. The molecule has 292 valence electrons. The summed E-state index contributed by atoms with van der Waals surface area (Å²) in [6.45, 7) is 3.47. The Morgan fingerprint density at radius 3 is 1.11 bits per heavy atom. The van der Waals surface area contributed by atoms with Gasteiger partial charge in [-0.2, -0.15) is 8.61 Å². The number of rotatable bonds is 14. The smallest absolute Gasteiger partial charge is 0.261 e. The molecule has 1 saturated carbocycles. The molecule has 2 atom stereocenters. The number of nitrogens with zero attached hydrogens (tertiary/aromatic N) is 4. The third-order valence-electron chi connectivity index (χ3n) is 11.0. The molecule has 0 bridgehead atoms. The van der Waals surface area contributed by atoms with Crippen LogP contribution < -0.4 is 0 Å². The van der Waals surface area contributed by atoms with Crippen LogP contribution in [0.2, 0.25) is 0 Å². The highest BCUT2D eigenvalue weighted by atomic mass is 32.2. The Bertz CT molecular complexity index is 2160. The Kier molecular flexibility index (Phi) is 11.1. The van der Waals surface area contributed by atoms with Crippen LogP contribution in [0.25, 0.3) is 0 Å². The van der Waals surface area contributed by atoms with Crippen molar-refractivity contribution < 1.29 is 36.0 Å². The molecule has 3 aliphatic rings. The molecule has 4 aromatic carbocycles. The van der Waals surface area contributed by atoms with Gasteiger partial charge in [0.05, 0.1) is 32.0 Å². The maximum absolute atomic E-state index is 14.7. The number of amides is 4. The molecule has 0 N–H and O–H groups in total. The van der Waals surface area contributed by atoms with E-state index in [9.17, 15) is 36.0 Å². The summed E-state index contributed by atoms with van der Waals surface area (Å²) in [4.78, 5) is 55.1. The van der Waals surface area contributed by atoms with Crippen LogP contribution >= 0.6 is 0 Å². The van der Waals surface area contributed by atoms with Crippen LogP contribution in [0.1, 0.15) is 91.1 Å². The topological polar surface area (TPSA) is 150 Å². The van der Waals surface area contributed by atoms with Crippen LogP contribution in [0.5, 0.6) is 0 Å². The van der Waals surface area contributed by atoms with E-state index in [0.29, 0.717) is 47.9 Å². The van der Waals surface area contributed by atoms with E-state index in [1.807, 2.05) is 13.8 Å². The predicted octanol–water partition coefficient (Wildman–Crippen LogP) is 5.67. The van der Waals surface area contributed by atoms with Gasteiger partial charge in [-0.05, 0) is 88.1 Å². The van der Waals surface area contributed by atoms with E-state index in [1.54, 1.807) is 72.8 Å². The van der Waals surface area contributed by atoms with E-state index in [0.717, 1.165) is 20.9 Å². The van der Waals surface area contributed by atoms with Crippen LogP contribution in [0.15, 0.2) is 107 Å². The lowest BCUT2D eigenvalue weighted by molar-refractivity contribution is 0.0625. The van der Waals surface area contributed by atoms with Crippen molar-refractivity contribution in [3.63, 3.8) is 0 Å². The summed E-state index contributed by atoms with van der Waals surface area (Å²) < 4.78 is 61.5. The number of benzene rings is 4. The SMILES string of the molecule is Cc1ccc(S(=O)(=O)N(CCCN2C(=O)c3ccccc3C2=O)[C@@H]2CCCC[C@H]2N(CCCN2C(=O)c3ccccc3C2=O)S(=O)(=O)c2ccc(C)cc2)cc1. The van der Waals surface area contributed by atoms with E-state index in [2.05, 4.69) is 0 Å². The lowest BCUT2D eigenvalue weighted by Crippen LogP contribution is -2.57. The number of aryl methyl sites for hydroxylation is 2. The number of carbonyl (C=O) groups is 4. The third-order valence-corrected chi connectivity index (χ3v) is 14.8. The quantitative estimate of drug-likeness (QED) is 0.148. The van der Waals surface area contributed by atoms with Crippen molar-refractivity contribution in [2.24, 2.45) is 0 Å². The highest BCUT2D eigenvalue weighted by Crippen LogP contribution is 2.35. The van der Waals surface area contributed by atoms with E-state index < -0.39 is 55.8 Å². The number of hydrogen-bond donors (Lipinski definition) is 0. The fraction of sp³-hybridized carbons (Fsp3) is 0.333. The molecule has 7 rings (SSSR count). The molecule has 0 radical (unpaired) electrons. The molecule has 56 heavy (non-hydrogen) atoms. The van der Waals surface area contributed by atoms with Gasteiger partial charge >= 0.3 is 0 Å². The molecule has 2 heterocycles. The highest BCUT2D eigenvalue weighted by molar-refractivity contribution is 7.89. The summed E-state index contributed by atoms with van der Waals surface area (Å²) in [7, 11) is -8.46. The largest absolute Gasteiger partial charge is 0.274 e. The van der Waals surface area contributed by atoms with E-state index in [4.69, 9.17) is 0 Å². The van der Waals surface area contributed by atoms with Crippen molar-refractivity contribution >= 4 is 43.7 Å². The average molecular weight is 797 g/mol. The summed E-state index contributed by atoms with van der Waals surface area (Å²) >= 11 is 0. The van der Waals surface area contributed by atoms with Gasteiger partial charge in [-0.15, -0.1) is 0 Å². The molecule has 2 aliphatic heterocycles. The van der Waals surface area contributed by atoms with Gasteiger partial charge in [-0.25, -0.2) is 16.8 Å². The summed E-state index contributed by atoms with van der Waals surface area (Å²) in [5.41, 5.74) is 2.92. The first-order chi connectivity index (χ1) is 26.8. The van der Waals surface area contributed by atoms with Crippen molar-refractivity contribution in [2.75, 3.05) is 26.2 Å². The van der Waals surface area contributed by atoms with Crippen LogP contribution in [0.3, 0.4) is 0 Å². The Labute approximate surface area is 327 Å². The lowest BCUT2D eigenvalue weighted by Gasteiger charge is -2.44. The summed E-state index contributed by atoms with van der Waals surface area (Å²) in [5.74, 6) is -1.77. The fourth-order valence-corrected chi connectivity index (χ4v) is 11.5. The molecule has 0 spiro atoms. The fourth-order valence-electron chi connectivity index (χ4n) is 8.04. The Hall–Kier alpha value is -5.02. The van der Waals surface area contributed by atoms with Crippen molar-refractivity contribution in [1.29, 1.82) is 0 Å². The number of imide groups is 2. The Morgan fingerprint density at radius 2 is 0.804 bits per heavy atom. The van der Waals surface area contributed by atoms with E-state index in [-0.39, 0.29) is 48.8 Å². The zero-order valence-electron chi connectivity index (χ0n) is 31.3. The van der Waals surface area contributed by atoms with Crippen LogP contribution in [-0.2, 0) is 20.0 Å². The molecule has 1 fully saturated rings. The van der Waals surface area contributed by atoms with Crippen LogP contribution in [0, 0.1) is 13.8 Å². The first kappa shape index (κ1) is 39.2. The molecule has 1 aliphatic carbocycles. The molecule has 0 aromatic heterocycles. The number of sulfonamides is 2. The first-order valence-electron chi connectivity index (χ1n) is 18.9. The van der Waals surface area contributed by atoms with Gasteiger partial charge in [0, 0.05) is 38.3 Å². The maximum atomic E-state index is 14.7.